The molecule has 5 N–H and O–H groups in total. The van der Waals surface area contributed by atoms with Gasteiger partial charge >= 0.3 is 24.1 Å². The number of alkyl halides is 3. The maximum atomic E-state index is 13.8. The van der Waals surface area contributed by atoms with E-state index in [4.69, 9.17) is 18.9 Å². The molecule has 20 nitrogen and oxygen atoms in total. The largest absolute Gasteiger partial charge is 0.471 e. The molecule has 1 fully saturated rings. The Bertz CT molecular complexity index is 2410. The average molecular weight is 940 g/mol. The van der Waals surface area contributed by atoms with Crippen LogP contribution in [0.5, 0.6) is 0 Å². The van der Waals surface area contributed by atoms with E-state index in [1.165, 1.54) is 0 Å². The fourth-order valence-electron chi connectivity index (χ4n) is 6.75. The van der Waals surface area contributed by atoms with Gasteiger partial charge in [-0.2, -0.15) is 18.2 Å². The van der Waals surface area contributed by atoms with Gasteiger partial charge in [0.2, 0.25) is 17.8 Å². The zero-order valence-electron chi connectivity index (χ0n) is 37.0. The Morgan fingerprint density at radius 2 is 1.57 bits per heavy atom. The molecule has 360 valence electrons. The third kappa shape index (κ3) is 15.3. The summed E-state index contributed by atoms with van der Waals surface area (Å²) in [7, 11) is 1.09. The second-order valence-electron chi connectivity index (χ2n) is 15.6. The first-order valence-corrected chi connectivity index (χ1v) is 21.4. The van der Waals surface area contributed by atoms with Crippen LogP contribution >= 0.6 is 0 Å². The molecule has 0 aliphatic heterocycles. The number of carbonyl (C=O) groups excluding carboxylic acids is 6. The van der Waals surface area contributed by atoms with Gasteiger partial charge in [-0.1, -0.05) is 50.6 Å². The lowest BCUT2D eigenvalue weighted by Gasteiger charge is -2.37. The van der Waals surface area contributed by atoms with E-state index in [9.17, 15) is 46.7 Å². The lowest BCUT2D eigenvalue weighted by atomic mass is 9.94. The molecule has 5 rings (SSSR count). The standard InChI is InChI=1S/C44H52F3N9O11/c1-27(2)36(58)54-41-53-35-34(38(60)55-41)51-30(24-50-35)25-56(40(62)44(45,46)47)31-14-12-29(13-15-31)37(59)52-32(39(61)64-3)16-17-33(57)48-20-22-66-43(18-8-5-9-19-43)67-23-21-49-42(63)65-26-28-10-6-4-7-11-28/h4,6-7,10-15,24,27,32H,5,8-9,16-23,25-26H2,1-3H3,(H,48,57)(H,49,63)(H,52,59)(H2,50,53,54,55,58,60)/t32-/m0/s1. The van der Waals surface area contributed by atoms with Gasteiger partial charge in [0.25, 0.3) is 11.5 Å². The van der Waals surface area contributed by atoms with E-state index in [0.717, 1.165) is 62.4 Å². The predicted molar refractivity (Wildman–Crippen MR) is 233 cm³/mol. The number of amides is 5. The highest BCUT2D eigenvalue weighted by Gasteiger charge is 2.43. The van der Waals surface area contributed by atoms with Crippen LogP contribution in [-0.4, -0.2) is 107 Å². The molecule has 0 radical (unpaired) electrons. The number of anilines is 2. The number of H-pyrrole nitrogens is 1. The van der Waals surface area contributed by atoms with Crippen LogP contribution in [0, 0.1) is 5.92 Å². The van der Waals surface area contributed by atoms with Gasteiger partial charge in [-0.3, -0.25) is 39.2 Å². The molecule has 23 heteroatoms. The normalized spacial score (nSPS) is 13.8. The quantitative estimate of drug-likeness (QED) is 0.0446. The van der Waals surface area contributed by atoms with Crippen molar-refractivity contribution in [1.29, 1.82) is 0 Å². The first-order chi connectivity index (χ1) is 32.0. The number of aromatic nitrogens is 4. The van der Waals surface area contributed by atoms with Crippen LogP contribution in [0.3, 0.4) is 0 Å². The molecule has 1 atom stereocenters. The van der Waals surface area contributed by atoms with Gasteiger partial charge in [0.05, 0.1) is 38.8 Å². The molecule has 0 saturated heterocycles. The topological polar surface area (TPSA) is 262 Å². The summed E-state index contributed by atoms with van der Waals surface area (Å²) < 4.78 is 63.7. The Morgan fingerprint density at radius 3 is 2.21 bits per heavy atom. The molecule has 67 heavy (non-hydrogen) atoms. The van der Waals surface area contributed by atoms with E-state index >= 15 is 0 Å². The number of alkyl carbamates (subject to hydrolysis) is 1. The summed E-state index contributed by atoms with van der Waals surface area (Å²) >= 11 is 0. The second kappa shape index (κ2) is 24.0. The summed E-state index contributed by atoms with van der Waals surface area (Å²) in [5.74, 6) is -6.43. The van der Waals surface area contributed by atoms with E-state index in [1.807, 2.05) is 30.3 Å². The SMILES string of the molecule is COC(=O)[C@H](CCC(=O)NCCOC1(OCCNC(=O)OCc2ccccc2)CCCCC1)NC(=O)c1ccc(N(Cc2cnc3nc(NC(=O)C(C)C)[nH]c(=O)c3n2)C(=O)C(F)(F)F)cc1. The smallest absolute Gasteiger partial charge is 0.467 e. The maximum Gasteiger partial charge on any atom is 0.471 e. The van der Waals surface area contributed by atoms with Gasteiger partial charge in [0.15, 0.2) is 17.0 Å². The zero-order valence-corrected chi connectivity index (χ0v) is 37.0. The van der Waals surface area contributed by atoms with Crippen molar-refractivity contribution in [3.8, 4) is 0 Å². The second-order valence-corrected chi connectivity index (χ2v) is 15.6. The predicted octanol–water partition coefficient (Wildman–Crippen LogP) is 4.19. The molecular weight excluding hydrogens is 888 g/mol. The highest BCUT2D eigenvalue weighted by atomic mass is 19.4. The number of hydrogen-bond acceptors (Lipinski definition) is 14. The van der Waals surface area contributed by atoms with E-state index < -0.39 is 71.7 Å². The minimum atomic E-state index is -5.34. The number of halogens is 3. The first kappa shape index (κ1) is 51.0. The maximum absolute atomic E-state index is 13.8. The number of hydrogen-bond donors (Lipinski definition) is 5. The van der Waals surface area contributed by atoms with Crippen LogP contribution in [0.4, 0.5) is 29.6 Å². The molecule has 5 amide bonds. The number of aromatic amines is 1. The lowest BCUT2D eigenvalue weighted by Crippen LogP contribution is -2.43. The molecule has 4 aromatic rings. The van der Waals surface area contributed by atoms with Crippen LogP contribution in [0.25, 0.3) is 11.2 Å². The van der Waals surface area contributed by atoms with Crippen LogP contribution in [0.15, 0.2) is 65.6 Å². The number of fused-ring (bicyclic) bond motifs is 1. The molecule has 0 bridgehead atoms. The van der Waals surface area contributed by atoms with Crippen molar-refractivity contribution in [2.24, 2.45) is 5.92 Å². The van der Waals surface area contributed by atoms with Gasteiger partial charge in [-0.25, -0.2) is 19.6 Å². The highest BCUT2D eigenvalue weighted by molar-refractivity contribution is 5.99. The molecule has 2 aromatic heterocycles. The van der Waals surface area contributed by atoms with Crippen molar-refractivity contribution in [3.63, 3.8) is 0 Å². The first-order valence-electron chi connectivity index (χ1n) is 21.4. The van der Waals surface area contributed by atoms with Crippen molar-refractivity contribution < 1.29 is 60.9 Å². The van der Waals surface area contributed by atoms with Gasteiger partial charge < -0.3 is 34.9 Å². The van der Waals surface area contributed by atoms with E-state index in [0.29, 0.717) is 17.7 Å². The number of esters is 1. The summed E-state index contributed by atoms with van der Waals surface area (Å²) in [6, 6.07) is 12.3. The van der Waals surface area contributed by atoms with Crippen LogP contribution < -0.4 is 31.7 Å². The fourth-order valence-corrected chi connectivity index (χ4v) is 6.75. The van der Waals surface area contributed by atoms with Gasteiger partial charge in [0, 0.05) is 49.5 Å². The van der Waals surface area contributed by atoms with E-state index in [-0.39, 0.29) is 79.8 Å². The van der Waals surface area contributed by atoms with Crippen LogP contribution in [0.2, 0.25) is 0 Å². The number of methoxy groups -OCH3 is 1. The Morgan fingerprint density at radius 1 is 0.896 bits per heavy atom. The minimum absolute atomic E-state index is 0.103. The van der Waals surface area contributed by atoms with Gasteiger partial charge in [0.1, 0.15) is 12.6 Å². The summed E-state index contributed by atoms with van der Waals surface area (Å²) in [6.07, 6.45) is -1.30. The molecular formula is C44H52F3N9O11. The van der Waals surface area contributed by atoms with Gasteiger partial charge in [-0.05, 0) is 49.1 Å². The number of carbonyl (C=O) groups is 6. The minimum Gasteiger partial charge on any atom is -0.467 e. The molecule has 1 aliphatic rings. The monoisotopic (exact) mass is 939 g/mol. The third-order valence-electron chi connectivity index (χ3n) is 10.3. The molecule has 2 heterocycles. The van der Waals surface area contributed by atoms with E-state index in [1.54, 1.807) is 13.8 Å². The lowest BCUT2D eigenvalue weighted by molar-refractivity contribution is -0.250. The Labute approximate surface area is 382 Å². The molecule has 1 saturated carbocycles. The summed E-state index contributed by atoms with van der Waals surface area (Å²) in [5, 5.41) is 10.2. The summed E-state index contributed by atoms with van der Waals surface area (Å²) in [6.45, 7) is 3.13. The van der Waals surface area contributed by atoms with Crippen molar-refractivity contribution in [2.75, 3.05) is 43.6 Å². The van der Waals surface area contributed by atoms with Gasteiger partial charge in [-0.15, -0.1) is 0 Å². The number of nitrogens with one attached hydrogen (secondary N) is 5. The van der Waals surface area contributed by atoms with E-state index in [2.05, 4.69) is 41.2 Å². The number of nitrogens with zero attached hydrogens (tertiary/aromatic N) is 4. The third-order valence-corrected chi connectivity index (χ3v) is 10.3. The number of ether oxygens (including phenoxy) is 4. The Balaban J connectivity index is 1.12. The van der Waals surface area contributed by atoms with Crippen molar-refractivity contribution in [3.05, 3.63) is 88.0 Å². The van der Waals surface area contributed by atoms with Crippen molar-refractivity contribution >= 4 is 58.5 Å². The van der Waals surface area contributed by atoms with Crippen molar-refractivity contribution in [1.82, 2.24) is 35.9 Å². The molecule has 2 aromatic carbocycles. The number of rotatable bonds is 21. The molecule has 0 unspecified atom stereocenters. The average Bonchev–Trinajstić information content (AvgIpc) is 3.31. The van der Waals surface area contributed by atoms with Crippen LogP contribution in [0.1, 0.15) is 80.4 Å². The summed E-state index contributed by atoms with van der Waals surface area (Å²) in [5.41, 5.74) is -1.22. The van der Waals surface area contributed by atoms with Crippen molar-refractivity contribution in [2.45, 2.75) is 90.0 Å². The molecule has 0 spiro atoms. The Hall–Kier alpha value is -7.01. The zero-order chi connectivity index (χ0) is 48.6. The van der Waals surface area contributed by atoms with Crippen LogP contribution in [-0.2, 0) is 51.3 Å². The summed E-state index contributed by atoms with van der Waals surface area (Å²) in [4.78, 5) is 103. The molecule has 1 aliphatic carbocycles. The number of benzene rings is 2. The Kier molecular flexibility index (Phi) is 18.2. The highest BCUT2D eigenvalue weighted by Crippen LogP contribution is 2.33. The fraction of sp³-hybridized carbons (Fsp3) is 0.455.